The number of anilines is 2. The lowest BCUT2D eigenvalue weighted by Crippen LogP contribution is -2.23. The van der Waals surface area contributed by atoms with E-state index in [0.717, 1.165) is 5.56 Å². The molecule has 7 nitrogen and oxygen atoms in total. The number of benzene rings is 1. The molecular weight excluding hydrogens is 334 g/mol. The van der Waals surface area contributed by atoms with Gasteiger partial charge in [0.15, 0.2) is 6.61 Å². The Hall–Kier alpha value is -3.09. The number of pyridine rings is 1. The van der Waals surface area contributed by atoms with E-state index in [2.05, 4.69) is 31.1 Å². The fourth-order valence-electron chi connectivity index (χ4n) is 2.30. The second-order valence-electron chi connectivity index (χ2n) is 6.79. The normalized spacial score (nSPS) is 10.9. The second kappa shape index (κ2) is 7.86. The highest BCUT2D eigenvalue weighted by Gasteiger charge is 2.19. The van der Waals surface area contributed by atoms with Crippen molar-refractivity contribution in [2.24, 2.45) is 0 Å². The van der Waals surface area contributed by atoms with Crippen LogP contribution < -0.4 is 20.8 Å². The molecule has 1 amide bonds. The first-order valence-corrected chi connectivity index (χ1v) is 8.14. The van der Waals surface area contributed by atoms with Crippen LogP contribution in [0.5, 0.6) is 5.75 Å². The fourth-order valence-corrected chi connectivity index (χ4v) is 2.30. The standard InChI is InChI=1S/C19H23N3O4/c1-19(2,3)12-7-8-15(25-4)14(10-12)22-16(23)11-26-18(24)13-6-5-9-21-17(13)20/h5-10H,11H2,1-4H3,(H2,20,21)(H,22,23)/p+1. The van der Waals surface area contributed by atoms with E-state index in [4.69, 9.17) is 15.2 Å². The molecule has 4 N–H and O–H groups in total. The Bertz CT molecular complexity index is 813. The largest absolute Gasteiger partial charge is 0.495 e. The number of aromatic amines is 1. The highest BCUT2D eigenvalue weighted by atomic mass is 16.5. The summed E-state index contributed by atoms with van der Waals surface area (Å²) >= 11 is 0. The molecule has 0 aliphatic carbocycles. The molecule has 0 unspecified atom stereocenters. The molecule has 26 heavy (non-hydrogen) atoms. The number of nitrogens with two attached hydrogens (primary N) is 1. The number of rotatable bonds is 5. The molecule has 1 aromatic heterocycles. The van der Waals surface area contributed by atoms with E-state index in [9.17, 15) is 9.59 Å². The van der Waals surface area contributed by atoms with Gasteiger partial charge in [-0.2, -0.15) is 0 Å². The minimum atomic E-state index is -0.676. The van der Waals surface area contributed by atoms with Gasteiger partial charge >= 0.3 is 5.97 Å². The van der Waals surface area contributed by atoms with E-state index in [-0.39, 0.29) is 16.8 Å². The second-order valence-corrected chi connectivity index (χ2v) is 6.79. The topological polar surface area (TPSA) is 105 Å². The van der Waals surface area contributed by atoms with Crippen molar-refractivity contribution >= 4 is 23.4 Å². The van der Waals surface area contributed by atoms with Crippen LogP contribution in [0.15, 0.2) is 36.5 Å². The third-order valence-electron chi connectivity index (χ3n) is 3.78. The molecular formula is C19H24N3O4+. The Morgan fingerprint density at radius 3 is 2.58 bits per heavy atom. The van der Waals surface area contributed by atoms with Gasteiger partial charge in [-0.15, -0.1) is 0 Å². The lowest BCUT2D eigenvalue weighted by molar-refractivity contribution is -0.360. The molecule has 7 heteroatoms. The third-order valence-corrected chi connectivity index (χ3v) is 3.78. The van der Waals surface area contributed by atoms with Gasteiger partial charge in [0, 0.05) is 0 Å². The molecule has 0 saturated carbocycles. The van der Waals surface area contributed by atoms with Crippen molar-refractivity contribution in [3.63, 3.8) is 0 Å². The van der Waals surface area contributed by atoms with Crippen molar-refractivity contribution in [2.45, 2.75) is 26.2 Å². The van der Waals surface area contributed by atoms with Crippen LogP contribution in [0, 0.1) is 0 Å². The predicted octanol–water partition coefficient (Wildman–Crippen LogP) is 2.18. The van der Waals surface area contributed by atoms with Crippen LogP contribution in [0.2, 0.25) is 0 Å². The number of hydrogen-bond acceptors (Lipinski definition) is 5. The highest BCUT2D eigenvalue weighted by molar-refractivity contribution is 5.97. The lowest BCUT2D eigenvalue weighted by atomic mass is 9.87. The summed E-state index contributed by atoms with van der Waals surface area (Å²) in [4.78, 5) is 26.9. The van der Waals surface area contributed by atoms with Crippen molar-refractivity contribution in [2.75, 3.05) is 24.8 Å². The molecule has 0 aliphatic heterocycles. The summed E-state index contributed by atoms with van der Waals surface area (Å²) in [5.74, 6) is -0.442. The van der Waals surface area contributed by atoms with Crippen LogP contribution in [0.1, 0.15) is 36.7 Å². The average molecular weight is 358 g/mol. The maximum atomic E-state index is 12.2. The van der Waals surface area contributed by atoms with Crippen molar-refractivity contribution < 1.29 is 24.0 Å². The summed E-state index contributed by atoms with van der Waals surface area (Å²) in [5.41, 5.74) is 7.32. The van der Waals surface area contributed by atoms with Gasteiger partial charge in [-0.1, -0.05) is 26.8 Å². The number of carbonyl (C=O) groups is 2. The number of hydrogen-bond donors (Lipinski definition) is 2. The number of amides is 1. The fraction of sp³-hybridized carbons (Fsp3) is 0.316. The summed E-state index contributed by atoms with van der Waals surface area (Å²) in [6.45, 7) is 5.78. The number of esters is 1. The summed E-state index contributed by atoms with van der Waals surface area (Å²) in [6.07, 6.45) is 1.59. The number of methoxy groups -OCH3 is 1. The van der Waals surface area contributed by atoms with Crippen molar-refractivity contribution in [3.8, 4) is 5.75 Å². The number of H-pyrrole nitrogens is 1. The molecule has 0 atom stereocenters. The van der Waals surface area contributed by atoms with E-state index in [1.165, 1.54) is 13.2 Å². The van der Waals surface area contributed by atoms with Crippen molar-refractivity contribution in [1.82, 2.24) is 0 Å². The molecule has 0 bridgehead atoms. The van der Waals surface area contributed by atoms with E-state index in [1.807, 2.05) is 12.1 Å². The zero-order valence-electron chi connectivity index (χ0n) is 15.4. The Morgan fingerprint density at radius 1 is 1.23 bits per heavy atom. The monoisotopic (exact) mass is 358 g/mol. The quantitative estimate of drug-likeness (QED) is 0.797. The molecule has 1 aromatic carbocycles. The van der Waals surface area contributed by atoms with Gasteiger partial charge in [-0.25, -0.2) is 9.78 Å². The SMILES string of the molecule is COc1ccc(C(C)(C)C)cc1NC(=O)COC(=O)c1ccc[nH+]c1N. The Labute approximate surface area is 152 Å². The molecule has 2 rings (SSSR count). The number of carbonyl (C=O) groups excluding carboxylic acids is 2. The molecule has 2 aromatic rings. The number of nitrogen functional groups attached to an aromatic ring is 1. The summed E-state index contributed by atoms with van der Waals surface area (Å²) < 4.78 is 10.3. The first-order chi connectivity index (χ1) is 12.2. The van der Waals surface area contributed by atoms with Gasteiger partial charge in [-0.3, -0.25) is 10.5 Å². The van der Waals surface area contributed by atoms with Gasteiger partial charge in [-0.05, 0) is 35.2 Å². The van der Waals surface area contributed by atoms with Crippen LogP contribution >= 0.6 is 0 Å². The smallest absolute Gasteiger partial charge is 0.347 e. The molecule has 1 heterocycles. The van der Waals surface area contributed by atoms with Gasteiger partial charge in [0.25, 0.3) is 11.7 Å². The maximum absolute atomic E-state index is 12.2. The minimum Gasteiger partial charge on any atom is -0.495 e. The number of aromatic nitrogens is 1. The average Bonchev–Trinajstić information content (AvgIpc) is 2.59. The molecule has 0 radical (unpaired) electrons. The molecule has 0 spiro atoms. The summed E-state index contributed by atoms with van der Waals surface area (Å²) in [6, 6.07) is 8.73. The van der Waals surface area contributed by atoms with Crippen LogP contribution in [-0.2, 0) is 14.9 Å². The molecule has 138 valence electrons. The first-order valence-electron chi connectivity index (χ1n) is 8.14. The van der Waals surface area contributed by atoms with Gasteiger partial charge < -0.3 is 14.8 Å². The van der Waals surface area contributed by atoms with Crippen LogP contribution in [-0.4, -0.2) is 25.6 Å². The van der Waals surface area contributed by atoms with Gasteiger partial charge in [0.1, 0.15) is 11.3 Å². The number of ether oxygens (including phenoxy) is 2. The third kappa shape index (κ3) is 4.72. The summed E-state index contributed by atoms with van der Waals surface area (Å²) in [7, 11) is 1.52. The van der Waals surface area contributed by atoms with E-state index in [0.29, 0.717) is 11.4 Å². The minimum absolute atomic E-state index is 0.0838. The van der Waals surface area contributed by atoms with Crippen LogP contribution in [0.3, 0.4) is 0 Å². The maximum Gasteiger partial charge on any atom is 0.347 e. The van der Waals surface area contributed by atoms with E-state index < -0.39 is 18.5 Å². The van der Waals surface area contributed by atoms with Gasteiger partial charge in [0.05, 0.1) is 19.0 Å². The van der Waals surface area contributed by atoms with Crippen molar-refractivity contribution in [1.29, 1.82) is 0 Å². The Balaban J connectivity index is 2.05. The van der Waals surface area contributed by atoms with Crippen LogP contribution in [0.25, 0.3) is 0 Å². The highest BCUT2D eigenvalue weighted by Crippen LogP contribution is 2.31. The van der Waals surface area contributed by atoms with Crippen molar-refractivity contribution in [3.05, 3.63) is 47.7 Å². The predicted molar refractivity (Wildman–Crippen MR) is 98.0 cm³/mol. The van der Waals surface area contributed by atoms with Gasteiger partial charge in [0.2, 0.25) is 0 Å². The van der Waals surface area contributed by atoms with E-state index in [1.54, 1.807) is 18.3 Å². The van der Waals surface area contributed by atoms with Crippen LogP contribution in [0.4, 0.5) is 11.5 Å². The first kappa shape index (κ1) is 19.2. The lowest BCUT2D eigenvalue weighted by Gasteiger charge is -2.21. The summed E-state index contributed by atoms with van der Waals surface area (Å²) in [5, 5.41) is 2.72. The molecule has 0 saturated heterocycles. The molecule has 0 fully saturated rings. The Morgan fingerprint density at radius 2 is 1.96 bits per heavy atom. The van der Waals surface area contributed by atoms with E-state index >= 15 is 0 Å². The zero-order chi connectivity index (χ0) is 19.3. The molecule has 0 aliphatic rings. The zero-order valence-corrected chi connectivity index (χ0v) is 15.4. The number of nitrogens with one attached hydrogen (secondary N) is 2. The Kier molecular flexibility index (Phi) is 5.82.